The van der Waals surface area contributed by atoms with E-state index in [-0.39, 0.29) is 41.6 Å². The van der Waals surface area contributed by atoms with E-state index in [0.29, 0.717) is 31.6 Å². The summed E-state index contributed by atoms with van der Waals surface area (Å²) in [5, 5.41) is 6.30. The number of hydrogen-bond acceptors (Lipinski definition) is 3. The van der Waals surface area contributed by atoms with Gasteiger partial charge in [-0.1, -0.05) is 26.0 Å². The number of nitrogens with zero attached hydrogens (tertiary/aromatic N) is 1. The van der Waals surface area contributed by atoms with Gasteiger partial charge in [-0.25, -0.2) is 4.39 Å². The normalized spacial score (nSPS) is 12.5. The molecule has 0 aliphatic rings. The van der Waals surface area contributed by atoms with Crippen LogP contribution in [0.15, 0.2) is 29.3 Å². The highest BCUT2D eigenvalue weighted by Crippen LogP contribution is 2.16. The van der Waals surface area contributed by atoms with E-state index in [0.717, 1.165) is 6.61 Å². The van der Waals surface area contributed by atoms with Crippen molar-refractivity contribution in [3.63, 3.8) is 0 Å². The maximum Gasteiger partial charge on any atom is 0.191 e. The number of benzene rings is 1. The quantitative estimate of drug-likeness (QED) is 0.261. The Morgan fingerprint density at radius 3 is 2.54 bits per heavy atom. The summed E-state index contributed by atoms with van der Waals surface area (Å²) < 4.78 is 24.6. The van der Waals surface area contributed by atoms with Crippen LogP contribution in [0.1, 0.15) is 20.8 Å². The van der Waals surface area contributed by atoms with Gasteiger partial charge in [-0.3, -0.25) is 4.99 Å². The molecule has 0 heterocycles. The number of guanidine groups is 1. The molecule has 0 radical (unpaired) electrons. The lowest BCUT2D eigenvalue weighted by atomic mass is 10.2. The number of nitrogens with one attached hydrogen (secondary N) is 2. The molecule has 0 aliphatic carbocycles. The molecule has 0 amide bonds. The van der Waals surface area contributed by atoms with E-state index in [4.69, 9.17) is 9.47 Å². The maximum absolute atomic E-state index is 13.5. The summed E-state index contributed by atoms with van der Waals surface area (Å²) in [5.41, 5.74) is 0. The molecule has 1 aromatic rings. The van der Waals surface area contributed by atoms with E-state index in [1.54, 1.807) is 25.2 Å². The molecule has 0 saturated carbocycles. The number of aliphatic imine (C=N–C) groups is 1. The summed E-state index contributed by atoms with van der Waals surface area (Å²) in [4.78, 5) is 4.13. The van der Waals surface area contributed by atoms with Gasteiger partial charge in [0, 0.05) is 20.2 Å². The molecule has 5 nitrogen and oxygen atoms in total. The molecule has 0 spiro atoms. The van der Waals surface area contributed by atoms with Gasteiger partial charge in [0.15, 0.2) is 17.5 Å². The van der Waals surface area contributed by atoms with E-state index >= 15 is 0 Å². The van der Waals surface area contributed by atoms with Crippen molar-refractivity contribution >= 4 is 29.9 Å². The van der Waals surface area contributed by atoms with Crippen LogP contribution in [0.25, 0.3) is 0 Å². The van der Waals surface area contributed by atoms with E-state index in [1.165, 1.54) is 6.07 Å². The van der Waals surface area contributed by atoms with Crippen LogP contribution in [-0.2, 0) is 4.74 Å². The molecule has 1 unspecified atom stereocenters. The minimum absolute atomic E-state index is 0. The van der Waals surface area contributed by atoms with Gasteiger partial charge in [-0.15, -0.1) is 24.0 Å². The van der Waals surface area contributed by atoms with Crippen LogP contribution in [0.3, 0.4) is 0 Å². The number of halogens is 2. The molecule has 0 bridgehead atoms. The van der Waals surface area contributed by atoms with Gasteiger partial charge in [0.05, 0.1) is 13.2 Å². The predicted molar refractivity (Wildman–Crippen MR) is 107 cm³/mol. The van der Waals surface area contributed by atoms with E-state index in [2.05, 4.69) is 29.5 Å². The zero-order valence-electron chi connectivity index (χ0n) is 14.8. The summed E-state index contributed by atoms with van der Waals surface area (Å²) in [6.45, 7) is 8.67. The Morgan fingerprint density at radius 2 is 1.92 bits per heavy atom. The van der Waals surface area contributed by atoms with Crippen molar-refractivity contribution in [3.05, 3.63) is 30.1 Å². The molecule has 0 aromatic heterocycles. The van der Waals surface area contributed by atoms with Gasteiger partial charge < -0.3 is 20.1 Å². The van der Waals surface area contributed by atoms with E-state index in [1.807, 2.05) is 6.92 Å². The van der Waals surface area contributed by atoms with E-state index in [9.17, 15) is 4.39 Å². The SMILES string of the molecule is CN=C(NCCOCC(C)C)NCC(C)Oc1ccccc1F.I. The van der Waals surface area contributed by atoms with Crippen LogP contribution >= 0.6 is 24.0 Å². The van der Waals surface area contributed by atoms with Crippen LogP contribution < -0.4 is 15.4 Å². The fourth-order valence-electron chi connectivity index (χ4n) is 1.82. The second kappa shape index (κ2) is 13.2. The Labute approximate surface area is 161 Å². The van der Waals surface area contributed by atoms with Crippen molar-refractivity contribution in [2.45, 2.75) is 26.9 Å². The molecule has 0 fully saturated rings. The summed E-state index contributed by atoms with van der Waals surface area (Å²) in [6.07, 6.45) is -0.192. The Morgan fingerprint density at radius 1 is 1.21 bits per heavy atom. The van der Waals surface area contributed by atoms with Gasteiger partial charge >= 0.3 is 0 Å². The summed E-state index contributed by atoms with van der Waals surface area (Å²) in [5.74, 6) is 1.10. The molecule has 1 atom stereocenters. The number of rotatable bonds is 9. The van der Waals surface area contributed by atoms with Gasteiger partial charge in [-0.05, 0) is 25.0 Å². The fraction of sp³-hybridized carbons (Fsp3) is 0.588. The van der Waals surface area contributed by atoms with Crippen molar-refractivity contribution in [3.8, 4) is 5.75 Å². The number of ether oxygens (including phenoxy) is 2. The summed E-state index contributed by atoms with van der Waals surface area (Å²) in [7, 11) is 1.70. The highest BCUT2D eigenvalue weighted by molar-refractivity contribution is 14.0. The van der Waals surface area contributed by atoms with Crippen LogP contribution in [-0.4, -0.2) is 45.4 Å². The summed E-state index contributed by atoms with van der Waals surface area (Å²) >= 11 is 0. The molecular formula is C17H29FIN3O2. The average molecular weight is 453 g/mol. The van der Waals surface area contributed by atoms with Gasteiger partial charge in [-0.2, -0.15) is 0 Å². The smallest absolute Gasteiger partial charge is 0.191 e. The third kappa shape index (κ3) is 9.92. The largest absolute Gasteiger partial charge is 0.486 e. The van der Waals surface area contributed by atoms with Crippen LogP contribution in [0.4, 0.5) is 4.39 Å². The van der Waals surface area contributed by atoms with Gasteiger partial charge in [0.25, 0.3) is 0 Å². The van der Waals surface area contributed by atoms with Crippen LogP contribution in [0.5, 0.6) is 5.75 Å². The Kier molecular flexibility index (Phi) is 12.6. The van der Waals surface area contributed by atoms with Crippen LogP contribution in [0.2, 0.25) is 0 Å². The molecule has 0 saturated heterocycles. The molecule has 7 heteroatoms. The lowest BCUT2D eigenvalue weighted by Crippen LogP contribution is -2.43. The Hall–Kier alpha value is -1.09. The maximum atomic E-state index is 13.5. The zero-order valence-corrected chi connectivity index (χ0v) is 17.2. The Bertz CT molecular complexity index is 487. The minimum Gasteiger partial charge on any atom is -0.486 e. The number of hydrogen-bond donors (Lipinski definition) is 2. The van der Waals surface area contributed by atoms with Crippen molar-refractivity contribution in [2.24, 2.45) is 10.9 Å². The summed E-state index contributed by atoms with van der Waals surface area (Å²) in [6, 6.07) is 6.38. The van der Waals surface area contributed by atoms with Crippen molar-refractivity contribution < 1.29 is 13.9 Å². The minimum atomic E-state index is -0.357. The first-order chi connectivity index (χ1) is 11.0. The van der Waals surface area contributed by atoms with Gasteiger partial charge in [0.1, 0.15) is 6.10 Å². The second-order valence-electron chi connectivity index (χ2n) is 5.71. The zero-order chi connectivity index (χ0) is 17.1. The number of para-hydroxylation sites is 1. The van der Waals surface area contributed by atoms with Crippen molar-refractivity contribution in [1.82, 2.24) is 10.6 Å². The third-order valence-corrected chi connectivity index (χ3v) is 2.94. The fourth-order valence-corrected chi connectivity index (χ4v) is 1.82. The first-order valence-corrected chi connectivity index (χ1v) is 7.96. The molecule has 138 valence electrons. The first kappa shape index (κ1) is 22.9. The molecular weight excluding hydrogens is 424 g/mol. The lowest BCUT2D eigenvalue weighted by molar-refractivity contribution is 0.114. The van der Waals surface area contributed by atoms with Gasteiger partial charge in [0.2, 0.25) is 0 Å². The Balaban J connectivity index is 0.00000529. The second-order valence-corrected chi connectivity index (χ2v) is 5.71. The van der Waals surface area contributed by atoms with Crippen LogP contribution in [0, 0.1) is 11.7 Å². The molecule has 0 aliphatic heterocycles. The molecule has 1 rings (SSSR count). The molecule has 24 heavy (non-hydrogen) atoms. The highest BCUT2D eigenvalue weighted by Gasteiger charge is 2.08. The van der Waals surface area contributed by atoms with E-state index < -0.39 is 0 Å². The average Bonchev–Trinajstić information content (AvgIpc) is 2.52. The topological polar surface area (TPSA) is 54.9 Å². The van der Waals surface area contributed by atoms with Crippen molar-refractivity contribution in [2.75, 3.05) is 33.4 Å². The molecule has 2 N–H and O–H groups in total. The predicted octanol–water partition coefficient (Wildman–Crippen LogP) is 3.05. The molecule has 1 aromatic carbocycles. The third-order valence-electron chi connectivity index (χ3n) is 2.94. The highest BCUT2D eigenvalue weighted by atomic mass is 127. The standard InChI is InChI=1S/C17H28FN3O2.HI/c1-13(2)12-22-10-9-20-17(19-4)21-11-14(3)23-16-8-6-5-7-15(16)18;/h5-8,13-14H,9-12H2,1-4H3,(H2,19,20,21);1H. The lowest BCUT2D eigenvalue weighted by Gasteiger charge is -2.18. The van der Waals surface area contributed by atoms with Crippen molar-refractivity contribution in [1.29, 1.82) is 0 Å². The first-order valence-electron chi connectivity index (χ1n) is 7.96. The monoisotopic (exact) mass is 453 g/mol.